The molecular weight excluding hydrogens is 204 g/mol. The number of nitrogens with zero attached hydrogens (tertiary/aromatic N) is 2. The lowest BCUT2D eigenvalue weighted by molar-refractivity contribution is 0.328. The summed E-state index contributed by atoms with van der Waals surface area (Å²) in [5.41, 5.74) is 6.33. The molecule has 0 spiro atoms. The quantitative estimate of drug-likeness (QED) is 0.800. The summed E-state index contributed by atoms with van der Waals surface area (Å²) in [5, 5.41) is 3.28. The average Bonchev–Trinajstić information content (AvgIpc) is 2.24. The molecule has 1 heterocycles. The first-order valence-electron chi connectivity index (χ1n) is 5.51. The predicted octanol–water partition coefficient (Wildman–Crippen LogP) is 2.06. The van der Waals surface area contributed by atoms with Gasteiger partial charge in [-0.1, -0.05) is 6.92 Å². The Hall–Kier alpha value is -1.52. The van der Waals surface area contributed by atoms with Crippen molar-refractivity contribution in [2.75, 3.05) is 17.7 Å². The molecule has 16 heavy (non-hydrogen) atoms. The molecule has 5 nitrogen and oxygen atoms in total. The molecule has 0 aliphatic rings. The number of nitrogen functional groups attached to an aromatic ring is 1. The van der Waals surface area contributed by atoms with E-state index in [0.717, 1.165) is 6.42 Å². The molecule has 0 radical (unpaired) electrons. The molecule has 0 atom stereocenters. The molecule has 0 fully saturated rings. The summed E-state index contributed by atoms with van der Waals surface area (Å²) in [6.07, 6.45) is 2.43. The third-order valence-corrected chi connectivity index (χ3v) is 2.47. The fourth-order valence-electron chi connectivity index (χ4n) is 1.14. The van der Waals surface area contributed by atoms with Crippen LogP contribution in [0, 0.1) is 0 Å². The van der Waals surface area contributed by atoms with Crippen molar-refractivity contribution >= 4 is 11.5 Å². The van der Waals surface area contributed by atoms with Crippen LogP contribution >= 0.6 is 0 Å². The highest BCUT2D eigenvalue weighted by Crippen LogP contribution is 2.27. The first-order chi connectivity index (χ1) is 7.50. The van der Waals surface area contributed by atoms with E-state index < -0.39 is 0 Å². The summed E-state index contributed by atoms with van der Waals surface area (Å²) in [4.78, 5) is 8.11. The summed E-state index contributed by atoms with van der Waals surface area (Å²) in [7, 11) is 0. The second kappa shape index (κ2) is 5.01. The molecule has 0 bridgehead atoms. The number of rotatable bonds is 5. The minimum absolute atomic E-state index is 0.0496. The fourth-order valence-corrected chi connectivity index (χ4v) is 1.14. The van der Waals surface area contributed by atoms with E-state index in [1.807, 2.05) is 6.92 Å². The van der Waals surface area contributed by atoms with Gasteiger partial charge in [-0.2, -0.15) is 4.98 Å². The highest BCUT2D eigenvalue weighted by Gasteiger charge is 2.18. The Morgan fingerprint density at radius 1 is 1.38 bits per heavy atom. The molecule has 0 saturated carbocycles. The Labute approximate surface area is 96.4 Å². The average molecular weight is 224 g/mol. The van der Waals surface area contributed by atoms with Gasteiger partial charge in [-0.25, -0.2) is 4.98 Å². The maximum atomic E-state index is 5.92. The van der Waals surface area contributed by atoms with E-state index in [4.69, 9.17) is 10.5 Å². The van der Waals surface area contributed by atoms with Crippen LogP contribution in [0.2, 0.25) is 0 Å². The maximum absolute atomic E-state index is 5.92. The number of ether oxygens (including phenoxy) is 1. The third-order valence-electron chi connectivity index (χ3n) is 2.47. The zero-order chi connectivity index (χ0) is 12.2. The highest BCUT2D eigenvalue weighted by atomic mass is 16.5. The standard InChI is InChI=1S/C11H20N4O/c1-5-11(3,4)15-9-8(12)10(16-6-2)14-7-13-9/h7H,5-6,12H2,1-4H3,(H,13,14,15). The Kier molecular flexibility index (Phi) is 3.93. The minimum Gasteiger partial charge on any atom is -0.476 e. The van der Waals surface area contributed by atoms with Gasteiger partial charge in [0.15, 0.2) is 5.82 Å². The number of aromatic nitrogens is 2. The van der Waals surface area contributed by atoms with Crippen molar-refractivity contribution in [2.45, 2.75) is 39.7 Å². The van der Waals surface area contributed by atoms with Crippen molar-refractivity contribution in [3.63, 3.8) is 0 Å². The SMILES string of the molecule is CCOc1ncnc(NC(C)(C)CC)c1N. The molecular formula is C11H20N4O. The van der Waals surface area contributed by atoms with Crippen molar-refractivity contribution in [2.24, 2.45) is 0 Å². The van der Waals surface area contributed by atoms with Crippen LogP contribution in [0.25, 0.3) is 0 Å². The van der Waals surface area contributed by atoms with Crippen LogP contribution in [-0.2, 0) is 0 Å². The lowest BCUT2D eigenvalue weighted by Crippen LogP contribution is -2.30. The third kappa shape index (κ3) is 2.98. The number of nitrogens with one attached hydrogen (secondary N) is 1. The molecule has 0 unspecified atom stereocenters. The topological polar surface area (TPSA) is 73.1 Å². The van der Waals surface area contributed by atoms with Crippen LogP contribution in [0.5, 0.6) is 5.88 Å². The lowest BCUT2D eigenvalue weighted by Gasteiger charge is -2.26. The molecule has 5 heteroatoms. The van der Waals surface area contributed by atoms with E-state index in [1.165, 1.54) is 6.33 Å². The zero-order valence-corrected chi connectivity index (χ0v) is 10.4. The van der Waals surface area contributed by atoms with E-state index in [1.54, 1.807) is 0 Å². The van der Waals surface area contributed by atoms with E-state index in [-0.39, 0.29) is 5.54 Å². The van der Waals surface area contributed by atoms with Gasteiger partial charge in [0.2, 0.25) is 5.88 Å². The maximum Gasteiger partial charge on any atom is 0.242 e. The molecule has 0 aromatic carbocycles. The molecule has 0 saturated heterocycles. The first kappa shape index (κ1) is 12.5. The largest absolute Gasteiger partial charge is 0.476 e. The summed E-state index contributed by atoms with van der Waals surface area (Å²) >= 11 is 0. The highest BCUT2D eigenvalue weighted by molar-refractivity contribution is 5.67. The Morgan fingerprint density at radius 3 is 2.62 bits per heavy atom. The Bertz CT molecular complexity index is 352. The fraction of sp³-hybridized carbons (Fsp3) is 0.636. The van der Waals surface area contributed by atoms with Gasteiger partial charge in [0.05, 0.1) is 6.61 Å². The van der Waals surface area contributed by atoms with Crippen molar-refractivity contribution in [3.8, 4) is 5.88 Å². The molecule has 1 rings (SSSR count). The van der Waals surface area contributed by atoms with Crippen LogP contribution in [0.15, 0.2) is 6.33 Å². The van der Waals surface area contributed by atoms with Gasteiger partial charge in [0.25, 0.3) is 0 Å². The van der Waals surface area contributed by atoms with E-state index in [2.05, 4.69) is 36.1 Å². The number of hydrogen-bond acceptors (Lipinski definition) is 5. The molecule has 1 aromatic rings. The molecule has 0 amide bonds. The van der Waals surface area contributed by atoms with Gasteiger partial charge < -0.3 is 15.8 Å². The minimum atomic E-state index is -0.0496. The smallest absolute Gasteiger partial charge is 0.242 e. The number of anilines is 2. The molecule has 1 aromatic heterocycles. The van der Waals surface area contributed by atoms with Crippen LogP contribution in [-0.4, -0.2) is 22.1 Å². The van der Waals surface area contributed by atoms with Crippen LogP contribution in [0.1, 0.15) is 34.1 Å². The summed E-state index contributed by atoms with van der Waals surface area (Å²) in [6.45, 7) is 8.72. The van der Waals surface area contributed by atoms with Gasteiger partial charge in [0, 0.05) is 5.54 Å². The molecule has 3 N–H and O–H groups in total. The predicted molar refractivity (Wildman–Crippen MR) is 65.6 cm³/mol. The summed E-state index contributed by atoms with van der Waals surface area (Å²) < 4.78 is 5.31. The van der Waals surface area contributed by atoms with Gasteiger partial charge in [-0.3, -0.25) is 0 Å². The Balaban J connectivity index is 2.93. The second-order valence-electron chi connectivity index (χ2n) is 4.24. The van der Waals surface area contributed by atoms with Crippen molar-refractivity contribution < 1.29 is 4.74 Å². The number of nitrogens with two attached hydrogens (primary N) is 1. The van der Waals surface area contributed by atoms with Gasteiger partial charge >= 0.3 is 0 Å². The van der Waals surface area contributed by atoms with Gasteiger partial charge in [-0.05, 0) is 27.2 Å². The number of hydrogen-bond donors (Lipinski definition) is 2. The molecule has 90 valence electrons. The van der Waals surface area contributed by atoms with Crippen LogP contribution < -0.4 is 15.8 Å². The van der Waals surface area contributed by atoms with E-state index in [9.17, 15) is 0 Å². The van der Waals surface area contributed by atoms with E-state index in [0.29, 0.717) is 24.0 Å². The zero-order valence-electron chi connectivity index (χ0n) is 10.4. The van der Waals surface area contributed by atoms with Gasteiger partial charge in [0.1, 0.15) is 12.0 Å². The Morgan fingerprint density at radius 2 is 2.06 bits per heavy atom. The summed E-state index contributed by atoms with van der Waals surface area (Å²) in [6, 6.07) is 0. The van der Waals surface area contributed by atoms with Crippen LogP contribution in [0.3, 0.4) is 0 Å². The summed E-state index contributed by atoms with van der Waals surface area (Å²) in [5.74, 6) is 1.07. The second-order valence-corrected chi connectivity index (χ2v) is 4.24. The van der Waals surface area contributed by atoms with E-state index >= 15 is 0 Å². The van der Waals surface area contributed by atoms with Crippen LogP contribution in [0.4, 0.5) is 11.5 Å². The molecule has 0 aliphatic heterocycles. The lowest BCUT2D eigenvalue weighted by atomic mass is 10.0. The monoisotopic (exact) mass is 224 g/mol. The normalized spacial score (nSPS) is 11.2. The van der Waals surface area contributed by atoms with Gasteiger partial charge in [-0.15, -0.1) is 0 Å². The van der Waals surface area contributed by atoms with Crippen molar-refractivity contribution in [1.82, 2.24) is 9.97 Å². The van der Waals surface area contributed by atoms with Crippen molar-refractivity contribution in [1.29, 1.82) is 0 Å². The first-order valence-corrected chi connectivity index (χ1v) is 5.51. The van der Waals surface area contributed by atoms with Crippen molar-refractivity contribution in [3.05, 3.63) is 6.33 Å². The molecule has 0 aliphatic carbocycles.